The molecule has 0 N–H and O–H groups in total. The predicted molar refractivity (Wildman–Crippen MR) is 76.5 cm³/mol. The Labute approximate surface area is 115 Å². The molecule has 0 aliphatic rings. The zero-order chi connectivity index (χ0) is 14.1. The summed E-state index contributed by atoms with van der Waals surface area (Å²) in [5, 5.41) is 0. The van der Waals surface area contributed by atoms with Crippen molar-refractivity contribution >= 4 is 5.97 Å². The quantitative estimate of drug-likeness (QED) is 0.527. The van der Waals surface area contributed by atoms with Gasteiger partial charge in [-0.2, -0.15) is 0 Å². The van der Waals surface area contributed by atoms with Crippen molar-refractivity contribution in [2.24, 2.45) is 0 Å². The molecular formula is C16H24O3. The van der Waals surface area contributed by atoms with E-state index in [1.807, 2.05) is 24.3 Å². The van der Waals surface area contributed by atoms with Crippen LogP contribution in [-0.2, 0) is 9.53 Å². The largest absolute Gasteiger partial charge is 0.482 e. The second-order valence-electron chi connectivity index (χ2n) is 4.71. The van der Waals surface area contributed by atoms with Gasteiger partial charge < -0.3 is 9.47 Å². The van der Waals surface area contributed by atoms with E-state index < -0.39 is 0 Å². The highest BCUT2D eigenvalue weighted by molar-refractivity contribution is 5.71. The maximum absolute atomic E-state index is 11.5. The topological polar surface area (TPSA) is 35.5 Å². The van der Waals surface area contributed by atoms with E-state index in [1.165, 1.54) is 0 Å². The number of esters is 1. The Morgan fingerprint density at radius 2 is 2.00 bits per heavy atom. The molecule has 106 valence electrons. The van der Waals surface area contributed by atoms with Crippen molar-refractivity contribution in [3.63, 3.8) is 0 Å². The van der Waals surface area contributed by atoms with Gasteiger partial charge in [-0.25, -0.2) is 4.79 Å². The van der Waals surface area contributed by atoms with Gasteiger partial charge in [0.2, 0.25) is 0 Å². The third-order valence-electron chi connectivity index (χ3n) is 3.17. The Morgan fingerprint density at radius 3 is 2.68 bits per heavy atom. The molecule has 0 aromatic heterocycles. The van der Waals surface area contributed by atoms with Crippen LogP contribution in [0.15, 0.2) is 24.3 Å². The molecule has 0 saturated heterocycles. The fourth-order valence-corrected chi connectivity index (χ4v) is 1.75. The molecule has 1 aromatic rings. The lowest BCUT2D eigenvalue weighted by molar-refractivity contribution is -0.146. The molecule has 0 aliphatic heterocycles. The van der Waals surface area contributed by atoms with Crippen LogP contribution in [0.1, 0.15) is 51.5 Å². The summed E-state index contributed by atoms with van der Waals surface area (Å²) in [4.78, 5) is 11.5. The predicted octanol–water partition coefficient (Wildman–Crippen LogP) is 3.92. The lowest BCUT2D eigenvalue weighted by atomic mass is 9.98. The van der Waals surface area contributed by atoms with Gasteiger partial charge in [0.25, 0.3) is 0 Å². The van der Waals surface area contributed by atoms with Gasteiger partial charge >= 0.3 is 5.97 Å². The van der Waals surface area contributed by atoms with E-state index in [0.29, 0.717) is 12.5 Å². The molecule has 1 unspecified atom stereocenters. The zero-order valence-electron chi connectivity index (χ0n) is 12.1. The van der Waals surface area contributed by atoms with Gasteiger partial charge in [-0.1, -0.05) is 45.4 Å². The number of benzene rings is 1. The maximum Gasteiger partial charge on any atom is 0.344 e. The first-order valence-corrected chi connectivity index (χ1v) is 7.06. The van der Waals surface area contributed by atoms with Gasteiger partial charge in [-0.05, 0) is 30.4 Å². The smallest absolute Gasteiger partial charge is 0.344 e. The summed E-state index contributed by atoms with van der Waals surface area (Å²) < 4.78 is 10.6. The van der Waals surface area contributed by atoms with Crippen LogP contribution in [0.2, 0.25) is 0 Å². The monoisotopic (exact) mass is 264 g/mol. The molecule has 19 heavy (non-hydrogen) atoms. The van der Waals surface area contributed by atoms with Crippen LogP contribution in [-0.4, -0.2) is 19.2 Å². The summed E-state index contributed by atoms with van der Waals surface area (Å²) in [5.74, 6) is 0.906. The van der Waals surface area contributed by atoms with Crippen LogP contribution in [0.5, 0.6) is 5.75 Å². The molecule has 0 amide bonds. The van der Waals surface area contributed by atoms with Crippen molar-refractivity contribution in [3.8, 4) is 5.75 Å². The summed E-state index contributed by atoms with van der Waals surface area (Å²) in [5.41, 5.74) is 1.14. The highest BCUT2D eigenvalue weighted by atomic mass is 16.6. The molecular weight excluding hydrogens is 240 g/mol. The summed E-state index contributed by atoms with van der Waals surface area (Å²) in [7, 11) is 0. The van der Waals surface area contributed by atoms with Crippen LogP contribution in [0.25, 0.3) is 0 Å². The number of carbonyl (C=O) groups is 1. The first kappa shape index (κ1) is 15.5. The average molecular weight is 264 g/mol. The average Bonchev–Trinajstić information content (AvgIpc) is 2.45. The minimum atomic E-state index is -0.299. The number of carbonyl (C=O) groups excluding carboxylic acids is 1. The molecule has 3 heteroatoms. The molecule has 0 spiro atoms. The Balaban J connectivity index is 2.50. The third-order valence-corrected chi connectivity index (χ3v) is 3.17. The lowest BCUT2D eigenvalue weighted by Gasteiger charge is -2.15. The number of hydrogen-bond donors (Lipinski definition) is 0. The molecule has 3 nitrogen and oxygen atoms in total. The van der Waals surface area contributed by atoms with Crippen molar-refractivity contribution < 1.29 is 14.3 Å². The highest BCUT2D eigenvalue weighted by Gasteiger charge is 2.11. The van der Waals surface area contributed by atoms with Crippen molar-refractivity contribution in [1.29, 1.82) is 0 Å². The summed E-state index contributed by atoms with van der Waals surface area (Å²) >= 11 is 0. The minimum absolute atomic E-state index is 0.0167. The van der Waals surface area contributed by atoms with Gasteiger partial charge in [0.15, 0.2) is 6.61 Å². The van der Waals surface area contributed by atoms with Crippen LogP contribution < -0.4 is 4.74 Å². The molecule has 0 bridgehead atoms. The van der Waals surface area contributed by atoms with Crippen molar-refractivity contribution in [1.82, 2.24) is 0 Å². The van der Waals surface area contributed by atoms with E-state index in [2.05, 4.69) is 20.8 Å². The summed E-state index contributed by atoms with van der Waals surface area (Å²) in [6, 6.07) is 7.87. The van der Waals surface area contributed by atoms with E-state index in [1.54, 1.807) is 0 Å². The fourth-order valence-electron chi connectivity index (χ4n) is 1.75. The number of ether oxygens (including phenoxy) is 2. The number of hydrogen-bond acceptors (Lipinski definition) is 3. The van der Waals surface area contributed by atoms with Gasteiger partial charge in [0.05, 0.1) is 6.61 Å². The second-order valence-corrected chi connectivity index (χ2v) is 4.71. The Kier molecular flexibility index (Phi) is 7.01. The van der Waals surface area contributed by atoms with E-state index in [-0.39, 0.29) is 12.6 Å². The van der Waals surface area contributed by atoms with Crippen LogP contribution in [0.3, 0.4) is 0 Å². The van der Waals surface area contributed by atoms with Crippen molar-refractivity contribution in [3.05, 3.63) is 29.8 Å². The first-order chi connectivity index (χ1) is 9.19. The third kappa shape index (κ3) is 5.33. The molecule has 1 aromatic carbocycles. The van der Waals surface area contributed by atoms with Gasteiger partial charge in [-0.3, -0.25) is 0 Å². The summed E-state index contributed by atoms with van der Waals surface area (Å²) in [6.07, 6.45) is 2.96. The molecule has 1 rings (SSSR count). The standard InChI is InChI=1S/C16H24O3/c1-4-6-11-18-16(17)12-19-15-10-8-7-9-14(15)13(3)5-2/h7-10,13H,4-6,11-12H2,1-3H3. The van der Waals surface area contributed by atoms with E-state index in [0.717, 1.165) is 30.6 Å². The Morgan fingerprint density at radius 1 is 1.26 bits per heavy atom. The van der Waals surface area contributed by atoms with Gasteiger partial charge in [-0.15, -0.1) is 0 Å². The SMILES string of the molecule is CCCCOC(=O)COc1ccccc1C(C)CC. The van der Waals surface area contributed by atoms with E-state index in [9.17, 15) is 4.79 Å². The normalized spacial score (nSPS) is 11.9. The van der Waals surface area contributed by atoms with Crippen molar-refractivity contribution in [2.75, 3.05) is 13.2 Å². The maximum atomic E-state index is 11.5. The molecule has 0 heterocycles. The van der Waals surface area contributed by atoms with Crippen LogP contribution in [0.4, 0.5) is 0 Å². The summed E-state index contributed by atoms with van der Waals surface area (Å²) in [6.45, 7) is 6.82. The molecule has 0 radical (unpaired) electrons. The van der Waals surface area contributed by atoms with Gasteiger partial charge in [0.1, 0.15) is 5.75 Å². The Bertz CT molecular complexity index is 387. The molecule has 0 saturated carbocycles. The van der Waals surface area contributed by atoms with E-state index >= 15 is 0 Å². The molecule has 1 atom stereocenters. The molecule has 0 aliphatic carbocycles. The fraction of sp³-hybridized carbons (Fsp3) is 0.562. The number of para-hydroxylation sites is 1. The lowest BCUT2D eigenvalue weighted by Crippen LogP contribution is -2.16. The second kappa shape index (κ2) is 8.57. The van der Waals surface area contributed by atoms with E-state index in [4.69, 9.17) is 9.47 Å². The molecule has 0 fully saturated rings. The van der Waals surface area contributed by atoms with Crippen LogP contribution >= 0.6 is 0 Å². The Hall–Kier alpha value is -1.51. The van der Waals surface area contributed by atoms with Crippen LogP contribution in [0, 0.1) is 0 Å². The number of unbranched alkanes of at least 4 members (excludes halogenated alkanes) is 1. The van der Waals surface area contributed by atoms with Gasteiger partial charge in [0, 0.05) is 0 Å². The first-order valence-electron chi connectivity index (χ1n) is 7.06. The number of rotatable bonds is 8. The zero-order valence-corrected chi connectivity index (χ0v) is 12.1. The minimum Gasteiger partial charge on any atom is -0.482 e. The highest BCUT2D eigenvalue weighted by Crippen LogP contribution is 2.28. The van der Waals surface area contributed by atoms with Crippen molar-refractivity contribution in [2.45, 2.75) is 46.0 Å².